The maximum Gasteiger partial charge on any atom is 0.298 e. The van der Waals surface area contributed by atoms with Crippen molar-refractivity contribution in [3.05, 3.63) is 41.1 Å². The lowest BCUT2D eigenvalue weighted by Gasteiger charge is -2.34. The summed E-state index contributed by atoms with van der Waals surface area (Å²) < 4.78 is 6.11. The predicted octanol–water partition coefficient (Wildman–Crippen LogP) is 2.57. The third-order valence-electron chi connectivity index (χ3n) is 5.28. The van der Waals surface area contributed by atoms with Crippen LogP contribution in [0.2, 0.25) is 0 Å². The molecule has 0 spiro atoms. The van der Waals surface area contributed by atoms with Gasteiger partial charge in [-0.1, -0.05) is 0 Å². The van der Waals surface area contributed by atoms with Gasteiger partial charge in [-0.25, -0.2) is 0 Å². The van der Waals surface area contributed by atoms with E-state index in [9.17, 15) is 9.90 Å². The zero-order valence-electron chi connectivity index (χ0n) is 14.3. The molecule has 0 aliphatic carbocycles. The van der Waals surface area contributed by atoms with E-state index in [1.807, 2.05) is 24.0 Å². The number of aromatic amines is 1. The average Bonchev–Trinajstić information content (AvgIpc) is 3.07. The van der Waals surface area contributed by atoms with Gasteiger partial charge in [0.25, 0.3) is 11.6 Å². The molecule has 2 N–H and O–H groups in total. The number of fused-ring (bicyclic) bond motifs is 6. The molecule has 0 radical (unpaired) electrons. The van der Waals surface area contributed by atoms with Gasteiger partial charge >= 0.3 is 0 Å². The summed E-state index contributed by atoms with van der Waals surface area (Å²) in [6.07, 6.45) is 6.33. The number of pyridine rings is 2. The fourth-order valence-electron chi connectivity index (χ4n) is 3.72. The molecule has 3 aromatic heterocycles. The Morgan fingerprint density at radius 1 is 1.23 bits per heavy atom. The molecule has 0 unspecified atom stereocenters. The first-order chi connectivity index (χ1) is 12.5. The van der Waals surface area contributed by atoms with Crippen LogP contribution in [-0.2, 0) is 0 Å². The van der Waals surface area contributed by atoms with E-state index in [4.69, 9.17) is 9.40 Å². The first-order valence-corrected chi connectivity index (χ1v) is 8.68. The van der Waals surface area contributed by atoms with Crippen LogP contribution in [0.5, 0.6) is 0 Å². The fourth-order valence-corrected chi connectivity index (χ4v) is 3.72. The van der Waals surface area contributed by atoms with Crippen molar-refractivity contribution in [1.82, 2.24) is 15.0 Å². The van der Waals surface area contributed by atoms with E-state index in [1.165, 1.54) is 0 Å². The van der Waals surface area contributed by atoms with Crippen LogP contribution in [0.25, 0.3) is 32.6 Å². The van der Waals surface area contributed by atoms with Crippen molar-refractivity contribution in [3.63, 3.8) is 0 Å². The highest BCUT2D eigenvalue weighted by Crippen LogP contribution is 2.36. The summed E-state index contributed by atoms with van der Waals surface area (Å²) in [6, 6.07) is 4.22. The van der Waals surface area contributed by atoms with E-state index in [2.05, 4.69) is 9.97 Å². The van der Waals surface area contributed by atoms with Crippen molar-refractivity contribution in [1.29, 1.82) is 0 Å². The minimum absolute atomic E-state index is 0.172. The minimum Gasteiger partial charge on any atom is -0.423 e. The zero-order valence-corrected chi connectivity index (χ0v) is 14.3. The second-order valence-electron chi connectivity index (χ2n) is 7.17. The molecule has 26 heavy (non-hydrogen) atoms. The third-order valence-corrected chi connectivity index (χ3v) is 5.28. The van der Waals surface area contributed by atoms with Gasteiger partial charge in [-0.15, -0.1) is 0 Å². The maximum atomic E-state index is 12.4. The quantitative estimate of drug-likeness (QED) is 0.512. The van der Waals surface area contributed by atoms with Crippen LogP contribution in [0, 0.1) is 0 Å². The van der Waals surface area contributed by atoms with Crippen LogP contribution < -0.4 is 10.5 Å². The Labute approximate surface area is 148 Å². The highest BCUT2D eigenvalue weighted by atomic mass is 16.4. The molecular weight excluding hydrogens is 332 g/mol. The monoisotopic (exact) mass is 350 g/mol. The molecule has 0 amide bonds. The lowest BCUT2D eigenvalue weighted by Crippen LogP contribution is -2.42. The van der Waals surface area contributed by atoms with Crippen molar-refractivity contribution >= 4 is 38.7 Å². The molecule has 7 heteroatoms. The molecule has 7 nitrogen and oxygen atoms in total. The molecule has 1 fully saturated rings. The second-order valence-corrected chi connectivity index (χ2v) is 7.17. The number of nitrogens with one attached hydrogen (secondary N) is 1. The van der Waals surface area contributed by atoms with E-state index < -0.39 is 5.60 Å². The molecule has 132 valence electrons. The number of benzene rings is 1. The molecule has 0 atom stereocenters. The number of nitrogens with zero attached hydrogens (tertiary/aromatic N) is 3. The van der Waals surface area contributed by atoms with Crippen LogP contribution in [0.1, 0.15) is 19.8 Å². The standard InChI is InChI=1S/C19H18N4O3/c1-19(25)4-8-23(9-5-19)18-22-15-11-2-6-20-10-13(11)14-12(16(15)26-18)3-7-21-17(14)24/h2-3,6-7,10,25H,4-5,8-9H2,1H3,(H,21,24). The summed E-state index contributed by atoms with van der Waals surface area (Å²) in [6.45, 7) is 3.21. The van der Waals surface area contributed by atoms with E-state index >= 15 is 0 Å². The molecular formula is C19H18N4O3. The van der Waals surface area contributed by atoms with Crippen LogP contribution in [0.4, 0.5) is 6.01 Å². The Bertz CT molecular complexity index is 1200. The van der Waals surface area contributed by atoms with E-state index in [0.717, 1.165) is 21.7 Å². The number of rotatable bonds is 1. The van der Waals surface area contributed by atoms with Crippen LogP contribution >= 0.6 is 0 Å². The molecule has 1 aliphatic rings. The molecule has 1 aromatic carbocycles. The summed E-state index contributed by atoms with van der Waals surface area (Å²) in [7, 11) is 0. The molecule has 1 aliphatic heterocycles. The Morgan fingerprint density at radius 3 is 2.85 bits per heavy atom. The number of H-pyrrole nitrogens is 1. The topological polar surface area (TPSA) is 95.2 Å². The maximum absolute atomic E-state index is 12.4. The van der Waals surface area contributed by atoms with E-state index in [-0.39, 0.29) is 5.56 Å². The minimum atomic E-state index is -0.638. The van der Waals surface area contributed by atoms with Crippen molar-refractivity contribution < 1.29 is 9.52 Å². The van der Waals surface area contributed by atoms with Gasteiger partial charge in [0, 0.05) is 47.8 Å². The van der Waals surface area contributed by atoms with Crippen molar-refractivity contribution in [2.24, 2.45) is 0 Å². The zero-order chi connectivity index (χ0) is 17.9. The van der Waals surface area contributed by atoms with Gasteiger partial charge in [0.2, 0.25) is 0 Å². The van der Waals surface area contributed by atoms with Gasteiger partial charge in [-0.3, -0.25) is 9.78 Å². The first-order valence-electron chi connectivity index (χ1n) is 8.68. The van der Waals surface area contributed by atoms with Crippen LogP contribution in [0.15, 0.2) is 39.9 Å². The molecule has 0 saturated carbocycles. The summed E-state index contributed by atoms with van der Waals surface area (Å²) >= 11 is 0. The SMILES string of the molecule is CC1(O)CCN(c2nc3c4ccncc4c4c(=O)[nH]ccc4c3o2)CC1. The lowest BCUT2D eigenvalue weighted by atomic mass is 9.94. The highest BCUT2D eigenvalue weighted by Gasteiger charge is 2.30. The number of aromatic nitrogens is 3. The number of aliphatic hydroxyl groups is 1. The summed E-state index contributed by atoms with van der Waals surface area (Å²) in [4.78, 5) is 26.1. The van der Waals surface area contributed by atoms with Crippen molar-refractivity contribution in [2.75, 3.05) is 18.0 Å². The summed E-state index contributed by atoms with van der Waals surface area (Å²) in [5.74, 6) is 0. The van der Waals surface area contributed by atoms with Gasteiger partial charge in [-0.05, 0) is 31.9 Å². The third kappa shape index (κ3) is 2.20. The average molecular weight is 350 g/mol. The summed E-state index contributed by atoms with van der Waals surface area (Å²) in [5.41, 5.74) is 0.528. The van der Waals surface area contributed by atoms with Crippen LogP contribution in [-0.4, -0.2) is 38.7 Å². The van der Waals surface area contributed by atoms with Crippen molar-refractivity contribution in [3.8, 4) is 0 Å². The van der Waals surface area contributed by atoms with Gasteiger partial charge in [-0.2, -0.15) is 4.98 Å². The molecule has 4 heterocycles. The predicted molar refractivity (Wildman–Crippen MR) is 99.5 cm³/mol. The number of anilines is 1. The van der Waals surface area contributed by atoms with Gasteiger partial charge < -0.3 is 19.4 Å². The van der Waals surface area contributed by atoms with E-state index in [0.29, 0.717) is 42.9 Å². The normalized spacial score (nSPS) is 17.4. The van der Waals surface area contributed by atoms with E-state index in [1.54, 1.807) is 18.6 Å². The Kier molecular flexibility index (Phi) is 3.12. The second kappa shape index (κ2) is 5.28. The lowest BCUT2D eigenvalue weighted by molar-refractivity contribution is 0.0344. The number of piperidine rings is 1. The summed E-state index contributed by atoms with van der Waals surface area (Å²) in [5, 5.41) is 13.1. The number of hydrogen-bond acceptors (Lipinski definition) is 6. The van der Waals surface area contributed by atoms with Crippen molar-refractivity contribution in [2.45, 2.75) is 25.4 Å². The highest BCUT2D eigenvalue weighted by molar-refractivity contribution is 6.22. The molecule has 0 bridgehead atoms. The molecule has 5 rings (SSSR count). The first kappa shape index (κ1) is 15.3. The van der Waals surface area contributed by atoms with Crippen LogP contribution in [0.3, 0.4) is 0 Å². The number of oxazole rings is 1. The smallest absolute Gasteiger partial charge is 0.298 e. The Balaban J connectivity index is 1.78. The molecule has 4 aromatic rings. The Morgan fingerprint density at radius 2 is 2.04 bits per heavy atom. The largest absolute Gasteiger partial charge is 0.423 e. The van der Waals surface area contributed by atoms with Gasteiger partial charge in [0.15, 0.2) is 5.58 Å². The Hall–Kier alpha value is -2.93. The molecule has 1 saturated heterocycles. The fraction of sp³-hybridized carbons (Fsp3) is 0.316. The number of hydrogen-bond donors (Lipinski definition) is 2. The van der Waals surface area contributed by atoms with Gasteiger partial charge in [0.1, 0.15) is 5.52 Å². The van der Waals surface area contributed by atoms with Gasteiger partial charge in [0.05, 0.1) is 11.0 Å².